The number of amides is 1. The van der Waals surface area contributed by atoms with Gasteiger partial charge in [0, 0.05) is 5.56 Å². The van der Waals surface area contributed by atoms with Crippen LogP contribution < -0.4 is 5.32 Å². The predicted octanol–water partition coefficient (Wildman–Crippen LogP) is 5.44. The number of carbonyl (C=O) groups excluding carboxylic acids is 1. The van der Waals surface area contributed by atoms with Crippen molar-refractivity contribution in [2.45, 2.75) is 33.7 Å². The number of carbonyl (C=O) groups is 1. The number of hydrogen-bond acceptors (Lipinski definition) is 1. The van der Waals surface area contributed by atoms with Crippen molar-refractivity contribution in [2.24, 2.45) is 0 Å². The molecule has 26 heavy (non-hydrogen) atoms. The fourth-order valence-corrected chi connectivity index (χ4v) is 3.18. The first-order chi connectivity index (χ1) is 12.5. The molecular weight excluding hydrogens is 318 g/mol. The highest BCUT2D eigenvalue weighted by molar-refractivity contribution is 5.96. The summed E-state index contributed by atoms with van der Waals surface area (Å²) in [5.74, 6) is -0.0416. The molecule has 2 heteroatoms. The molecule has 1 N–H and O–H groups in total. The maximum atomic E-state index is 13.0. The van der Waals surface area contributed by atoms with Crippen molar-refractivity contribution in [3.8, 4) is 0 Å². The van der Waals surface area contributed by atoms with Crippen molar-refractivity contribution < 1.29 is 4.79 Å². The van der Waals surface area contributed by atoms with Crippen LogP contribution in [0.3, 0.4) is 0 Å². The van der Waals surface area contributed by atoms with Crippen LogP contribution in [0.15, 0.2) is 66.7 Å². The molecule has 0 saturated heterocycles. The molecule has 1 amide bonds. The molecule has 0 fully saturated rings. The monoisotopic (exact) mass is 343 g/mol. The molecule has 1 atom stereocenters. The standard InChI is InChI=1S/C24H25NO/c1-16-10-12-21(13-11-16)23(20-8-6-5-7-9-20)25-24(26)22-15-18(3)17(2)14-19(22)4/h5-15,23H,1-4H3,(H,25,26)/t23-/m0/s1. The van der Waals surface area contributed by atoms with Crippen LogP contribution in [0.1, 0.15) is 49.8 Å². The zero-order chi connectivity index (χ0) is 18.7. The maximum absolute atomic E-state index is 13.0. The number of nitrogens with one attached hydrogen (secondary N) is 1. The van der Waals surface area contributed by atoms with Crippen LogP contribution in [0.4, 0.5) is 0 Å². The van der Waals surface area contributed by atoms with Crippen molar-refractivity contribution in [3.63, 3.8) is 0 Å². The van der Waals surface area contributed by atoms with Gasteiger partial charge in [-0.3, -0.25) is 4.79 Å². The minimum absolute atomic E-state index is 0.0416. The Balaban J connectivity index is 1.97. The van der Waals surface area contributed by atoms with E-state index in [9.17, 15) is 4.79 Å². The zero-order valence-electron chi connectivity index (χ0n) is 15.8. The Hall–Kier alpha value is -2.87. The van der Waals surface area contributed by atoms with Crippen LogP contribution in [-0.2, 0) is 0 Å². The smallest absolute Gasteiger partial charge is 0.252 e. The van der Waals surface area contributed by atoms with Gasteiger partial charge in [-0.05, 0) is 61.6 Å². The minimum Gasteiger partial charge on any atom is -0.341 e. The second-order valence-corrected chi connectivity index (χ2v) is 6.98. The molecule has 3 aromatic carbocycles. The van der Waals surface area contributed by atoms with Crippen LogP contribution in [-0.4, -0.2) is 5.91 Å². The summed E-state index contributed by atoms with van der Waals surface area (Å²) in [5.41, 5.74) is 7.44. The van der Waals surface area contributed by atoms with Gasteiger partial charge in [0.1, 0.15) is 0 Å². The molecule has 3 rings (SSSR count). The summed E-state index contributed by atoms with van der Waals surface area (Å²) in [5, 5.41) is 3.23. The van der Waals surface area contributed by atoms with Gasteiger partial charge in [-0.1, -0.05) is 66.2 Å². The van der Waals surface area contributed by atoms with E-state index in [2.05, 4.69) is 61.6 Å². The van der Waals surface area contributed by atoms with Crippen molar-refractivity contribution in [1.29, 1.82) is 0 Å². The van der Waals surface area contributed by atoms with Crippen molar-refractivity contribution in [2.75, 3.05) is 0 Å². The van der Waals surface area contributed by atoms with E-state index in [4.69, 9.17) is 0 Å². The van der Waals surface area contributed by atoms with Gasteiger partial charge in [0.25, 0.3) is 5.91 Å². The lowest BCUT2D eigenvalue weighted by Crippen LogP contribution is -2.30. The summed E-state index contributed by atoms with van der Waals surface area (Å²) in [6.07, 6.45) is 0. The molecule has 0 saturated carbocycles. The van der Waals surface area contributed by atoms with Crippen molar-refractivity contribution in [3.05, 3.63) is 106 Å². The van der Waals surface area contributed by atoms with E-state index >= 15 is 0 Å². The fourth-order valence-electron chi connectivity index (χ4n) is 3.18. The molecule has 0 aliphatic heterocycles. The molecular formula is C24H25NO. The Morgan fingerprint density at radius 3 is 1.96 bits per heavy atom. The molecule has 3 aromatic rings. The highest BCUT2D eigenvalue weighted by atomic mass is 16.1. The minimum atomic E-state index is -0.176. The molecule has 0 radical (unpaired) electrons. The highest BCUT2D eigenvalue weighted by Gasteiger charge is 2.19. The Bertz CT molecular complexity index is 911. The molecule has 2 nitrogen and oxygen atoms in total. The Morgan fingerprint density at radius 2 is 1.31 bits per heavy atom. The Labute approximate surface area is 155 Å². The topological polar surface area (TPSA) is 29.1 Å². The largest absolute Gasteiger partial charge is 0.341 e. The lowest BCUT2D eigenvalue weighted by Gasteiger charge is -2.21. The van der Waals surface area contributed by atoms with Gasteiger partial charge in [0.05, 0.1) is 6.04 Å². The summed E-state index contributed by atoms with van der Waals surface area (Å²) in [6, 6.07) is 22.3. The second kappa shape index (κ2) is 7.57. The van der Waals surface area contributed by atoms with E-state index < -0.39 is 0 Å². The average molecular weight is 343 g/mol. The first kappa shape index (κ1) is 17.9. The third-order valence-corrected chi connectivity index (χ3v) is 4.90. The predicted molar refractivity (Wildman–Crippen MR) is 108 cm³/mol. The van der Waals surface area contributed by atoms with Gasteiger partial charge in [-0.2, -0.15) is 0 Å². The van der Waals surface area contributed by atoms with E-state index in [0.29, 0.717) is 0 Å². The summed E-state index contributed by atoms with van der Waals surface area (Å²) >= 11 is 0. The molecule has 0 aliphatic rings. The zero-order valence-corrected chi connectivity index (χ0v) is 15.8. The van der Waals surface area contributed by atoms with Gasteiger partial charge >= 0.3 is 0 Å². The lowest BCUT2D eigenvalue weighted by molar-refractivity contribution is 0.0942. The number of benzene rings is 3. The molecule has 0 aromatic heterocycles. The number of aryl methyl sites for hydroxylation is 4. The van der Waals surface area contributed by atoms with Crippen molar-refractivity contribution in [1.82, 2.24) is 5.32 Å². The summed E-state index contributed by atoms with van der Waals surface area (Å²) in [7, 11) is 0. The SMILES string of the molecule is Cc1ccc([C@@H](NC(=O)c2cc(C)c(C)cc2C)c2ccccc2)cc1. The van der Waals surface area contributed by atoms with Crippen LogP contribution >= 0.6 is 0 Å². The molecule has 0 unspecified atom stereocenters. The highest BCUT2D eigenvalue weighted by Crippen LogP contribution is 2.24. The molecule has 0 spiro atoms. The maximum Gasteiger partial charge on any atom is 0.252 e. The van der Waals surface area contributed by atoms with E-state index in [0.717, 1.165) is 27.8 Å². The quantitative estimate of drug-likeness (QED) is 0.671. The van der Waals surface area contributed by atoms with E-state index in [1.165, 1.54) is 11.1 Å². The average Bonchev–Trinajstić information content (AvgIpc) is 2.64. The Morgan fingerprint density at radius 1 is 0.731 bits per heavy atom. The van der Waals surface area contributed by atoms with Crippen LogP contribution in [0.25, 0.3) is 0 Å². The second-order valence-electron chi connectivity index (χ2n) is 6.98. The van der Waals surface area contributed by atoms with Gasteiger partial charge in [-0.25, -0.2) is 0 Å². The third-order valence-electron chi connectivity index (χ3n) is 4.90. The summed E-state index contributed by atoms with van der Waals surface area (Å²) < 4.78 is 0. The van der Waals surface area contributed by atoms with Gasteiger partial charge in [0.15, 0.2) is 0 Å². The van der Waals surface area contributed by atoms with Crippen LogP contribution in [0, 0.1) is 27.7 Å². The van der Waals surface area contributed by atoms with Crippen LogP contribution in [0.2, 0.25) is 0 Å². The lowest BCUT2D eigenvalue weighted by atomic mass is 9.96. The third kappa shape index (κ3) is 3.85. The van der Waals surface area contributed by atoms with Crippen LogP contribution in [0.5, 0.6) is 0 Å². The molecule has 0 bridgehead atoms. The molecule has 0 aliphatic carbocycles. The first-order valence-corrected chi connectivity index (χ1v) is 8.96. The normalized spacial score (nSPS) is 11.8. The molecule has 0 heterocycles. The number of rotatable bonds is 4. The van der Waals surface area contributed by atoms with Gasteiger partial charge in [0.2, 0.25) is 0 Å². The van der Waals surface area contributed by atoms with E-state index in [1.54, 1.807) is 0 Å². The van der Waals surface area contributed by atoms with Gasteiger partial charge < -0.3 is 5.32 Å². The van der Waals surface area contributed by atoms with Gasteiger partial charge in [-0.15, -0.1) is 0 Å². The number of hydrogen-bond donors (Lipinski definition) is 1. The summed E-state index contributed by atoms with van der Waals surface area (Å²) in [4.78, 5) is 13.0. The van der Waals surface area contributed by atoms with E-state index in [-0.39, 0.29) is 11.9 Å². The fraction of sp³-hybridized carbons (Fsp3) is 0.208. The Kier molecular flexibility index (Phi) is 5.22. The first-order valence-electron chi connectivity index (χ1n) is 8.96. The van der Waals surface area contributed by atoms with Crippen molar-refractivity contribution >= 4 is 5.91 Å². The summed E-state index contributed by atoms with van der Waals surface area (Å²) in [6.45, 7) is 8.17. The van der Waals surface area contributed by atoms with E-state index in [1.807, 2.05) is 38.1 Å². The molecule has 132 valence electrons.